The van der Waals surface area contributed by atoms with E-state index in [4.69, 9.17) is 16.6 Å². The van der Waals surface area contributed by atoms with Gasteiger partial charge in [-0.25, -0.2) is 4.98 Å². The summed E-state index contributed by atoms with van der Waals surface area (Å²) in [5.74, 6) is 0.551. The van der Waals surface area contributed by atoms with Crippen LogP contribution >= 0.6 is 11.6 Å². The number of aryl methyl sites for hydroxylation is 2. The first kappa shape index (κ1) is 22.5. The molecule has 5 rings (SSSR count). The summed E-state index contributed by atoms with van der Waals surface area (Å²) in [6.07, 6.45) is 4.59. The number of hydrogen-bond donors (Lipinski definition) is 1. The average Bonchev–Trinajstić information content (AvgIpc) is 3.23. The van der Waals surface area contributed by atoms with Crippen LogP contribution in [0.4, 0.5) is 5.95 Å². The molecule has 0 amide bonds. The van der Waals surface area contributed by atoms with E-state index in [1.54, 1.807) is 17.0 Å². The number of nitrogens with zero attached hydrogens (tertiary/aromatic N) is 5. The molecule has 1 fully saturated rings. The number of fused-ring (bicyclic) bond motifs is 1. The molecular weight excluding hydrogens is 448 g/mol. The molecule has 1 aliphatic rings. The molecule has 8 heteroatoms. The minimum Gasteiger partial charge on any atom is -0.350 e. The Bertz CT molecular complexity index is 1430. The topological polar surface area (TPSA) is 75.9 Å². The zero-order chi connectivity index (χ0) is 23.8. The number of nitrogens with one attached hydrogen (secondary N) is 1. The SMILES string of the molecule is CCn1c(=O)c(-c2ccc(-c3ncccc3C)cc2Cl)cc2cnc(N[C@@H]3CCN(C)C3)nc21. The second kappa shape index (κ2) is 9.16. The molecule has 0 unspecified atom stereocenters. The predicted molar refractivity (Wildman–Crippen MR) is 137 cm³/mol. The maximum atomic E-state index is 13.5. The van der Waals surface area contributed by atoms with Crippen LogP contribution < -0.4 is 10.9 Å². The molecule has 4 heterocycles. The third kappa shape index (κ3) is 4.17. The minimum absolute atomic E-state index is 0.121. The van der Waals surface area contributed by atoms with Crippen LogP contribution in [0.15, 0.2) is 53.6 Å². The van der Waals surface area contributed by atoms with Crippen LogP contribution in [0.5, 0.6) is 0 Å². The highest BCUT2D eigenvalue weighted by atomic mass is 35.5. The summed E-state index contributed by atoms with van der Waals surface area (Å²) in [6.45, 7) is 6.46. The summed E-state index contributed by atoms with van der Waals surface area (Å²) >= 11 is 6.70. The molecule has 1 N–H and O–H groups in total. The first-order chi connectivity index (χ1) is 16.4. The molecule has 7 nitrogen and oxygen atoms in total. The van der Waals surface area contributed by atoms with Gasteiger partial charge in [-0.1, -0.05) is 29.8 Å². The van der Waals surface area contributed by atoms with E-state index in [-0.39, 0.29) is 5.56 Å². The van der Waals surface area contributed by atoms with E-state index in [0.717, 1.165) is 41.7 Å². The van der Waals surface area contributed by atoms with Gasteiger partial charge in [-0.05, 0) is 57.6 Å². The maximum absolute atomic E-state index is 13.5. The number of pyridine rings is 2. The third-order valence-electron chi connectivity index (χ3n) is 6.41. The van der Waals surface area contributed by atoms with Gasteiger partial charge < -0.3 is 10.2 Å². The minimum atomic E-state index is -0.121. The lowest BCUT2D eigenvalue weighted by molar-refractivity contribution is 0.414. The van der Waals surface area contributed by atoms with Crippen molar-refractivity contribution in [2.75, 3.05) is 25.5 Å². The molecule has 0 radical (unpaired) electrons. The highest BCUT2D eigenvalue weighted by molar-refractivity contribution is 6.33. The van der Waals surface area contributed by atoms with Crippen LogP contribution in [0.3, 0.4) is 0 Å². The van der Waals surface area contributed by atoms with E-state index >= 15 is 0 Å². The van der Waals surface area contributed by atoms with Crippen molar-refractivity contribution in [3.63, 3.8) is 0 Å². The highest BCUT2D eigenvalue weighted by Crippen LogP contribution is 2.32. The van der Waals surface area contributed by atoms with Gasteiger partial charge in [-0.15, -0.1) is 0 Å². The third-order valence-corrected chi connectivity index (χ3v) is 6.72. The van der Waals surface area contributed by atoms with Gasteiger partial charge in [0.1, 0.15) is 5.65 Å². The van der Waals surface area contributed by atoms with Gasteiger partial charge in [0.15, 0.2) is 0 Å². The van der Waals surface area contributed by atoms with Gasteiger partial charge in [-0.2, -0.15) is 4.98 Å². The number of benzene rings is 1. The van der Waals surface area contributed by atoms with E-state index in [1.165, 1.54) is 0 Å². The van der Waals surface area contributed by atoms with Crippen LogP contribution in [0.2, 0.25) is 5.02 Å². The standard InChI is InChI=1S/C26H27ClN6O/c1-4-33-24-18(14-29-26(31-24)30-19-9-11-32(3)15-19)12-21(25(33)34)20-8-7-17(13-22(20)27)23-16(2)6-5-10-28-23/h5-8,10,12-14,19H,4,9,11,15H2,1-3H3,(H,29,30,31)/t19-/m1/s1. The van der Waals surface area contributed by atoms with E-state index in [9.17, 15) is 4.79 Å². The largest absolute Gasteiger partial charge is 0.350 e. The molecule has 4 aromatic rings. The molecule has 0 saturated carbocycles. The van der Waals surface area contributed by atoms with Crippen molar-refractivity contribution in [3.8, 4) is 22.4 Å². The normalized spacial score (nSPS) is 16.3. The van der Waals surface area contributed by atoms with E-state index < -0.39 is 0 Å². The van der Waals surface area contributed by atoms with E-state index in [2.05, 4.69) is 27.2 Å². The summed E-state index contributed by atoms with van der Waals surface area (Å²) < 4.78 is 1.69. The molecule has 0 spiro atoms. The lowest BCUT2D eigenvalue weighted by Crippen LogP contribution is -2.26. The molecule has 174 valence electrons. The molecule has 34 heavy (non-hydrogen) atoms. The summed E-state index contributed by atoms with van der Waals surface area (Å²) in [5, 5.41) is 4.71. The first-order valence-electron chi connectivity index (χ1n) is 11.5. The van der Waals surface area contributed by atoms with Crippen molar-refractivity contribution >= 4 is 28.6 Å². The second-order valence-electron chi connectivity index (χ2n) is 8.84. The Morgan fingerprint density at radius 2 is 2.03 bits per heavy atom. The number of likely N-dealkylation sites (N-methyl/N-ethyl adjacent to an activating group) is 1. The number of aromatic nitrogens is 4. The number of likely N-dealkylation sites (tertiary alicyclic amines) is 1. The van der Waals surface area contributed by atoms with Gasteiger partial charge in [0.05, 0.1) is 5.69 Å². The number of anilines is 1. The van der Waals surface area contributed by atoms with Crippen LogP contribution in [0.25, 0.3) is 33.4 Å². The molecule has 3 aromatic heterocycles. The predicted octanol–water partition coefficient (Wildman–Crippen LogP) is 4.62. The van der Waals surface area contributed by atoms with E-state index in [0.29, 0.717) is 40.3 Å². The molecule has 1 aliphatic heterocycles. The summed E-state index contributed by atoms with van der Waals surface area (Å²) in [5.41, 5.74) is 4.58. The van der Waals surface area contributed by atoms with Crippen molar-refractivity contribution in [2.45, 2.75) is 32.9 Å². The summed E-state index contributed by atoms with van der Waals surface area (Å²) in [4.78, 5) is 29.5. The smallest absolute Gasteiger partial charge is 0.260 e. The van der Waals surface area contributed by atoms with Gasteiger partial charge >= 0.3 is 0 Å². The van der Waals surface area contributed by atoms with Crippen LogP contribution in [0.1, 0.15) is 18.9 Å². The Balaban J connectivity index is 1.55. The first-order valence-corrected chi connectivity index (χ1v) is 11.9. The van der Waals surface area contributed by atoms with Gasteiger partial charge in [-0.3, -0.25) is 14.3 Å². The van der Waals surface area contributed by atoms with Crippen LogP contribution in [-0.4, -0.2) is 50.6 Å². The van der Waals surface area contributed by atoms with Crippen molar-refractivity contribution < 1.29 is 0 Å². The van der Waals surface area contributed by atoms with Crippen molar-refractivity contribution in [1.29, 1.82) is 0 Å². The Kier molecular flexibility index (Phi) is 6.06. The maximum Gasteiger partial charge on any atom is 0.260 e. The van der Waals surface area contributed by atoms with Crippen molar-refractivity contribution in [1.82, 2.24) is 24.4 Å². The zero-order valence-corrected chi connectivity index (χ0v) is 20.3. The van der Waals surface area contributed by atoms with Crippen LogP contribution in [-0.2, 0) is 6.54 Å². The van der Waals surface area contributed by atoms with E-state index in [1.807, 2.05) is 50.2 Å². The summed E-state index contributed by atoms with van der Waals surface area (Å²) in [7, 11) is 2.11. The Hall–Kier alpha value is -3.29. The molecule has 1 saturated heterocycles. The average molecular weight is 475 g/mol. The van der Waals surface area contributed by atoms with Crippen LogP contribution in [0, 0.1) is 6.92 Å². The van der Waals surface area contributed by atoms with Gasteiger partial charge in [0.25, 0.3) is 5.56 Å². The quantitative estimate of drug-likeness (QED) is 0.455. The molecule has 0 bridgehead atoms. The fourth-order valence-corrected chi connectivity index (χ4v) is 4.90. The molecule has 1 atom stereocenters. The number of halogens is 1. The monoisotopic (exact) mass is 474 g/mol. The fraction of sp³-hybridized carbons (Fsp3) is 0.308. The second-order valence-corrected chi connectivity index (χ2v) is 9.24. The molecule has 0 aliphatic carbocycles. The Morgan fingerprint density at radius 1 is 1.18 bits per heavy atom. The number of rotatable bonds is 5. The van der Waals surface area contributed by atoms with Crippen molar-refractivity contribution in [3.05, 3.63) is 69.7 Å². The lowest BCUT2D eigenvalue weighted by atomic mass is 10.0. The molecule has 1 aromatic carbocycles. The Labute approximate surface area is 203 Å². The lowest BCUT2D eigenvalue weighted by Gasteiger charge is -2.15. The molecular formula is C26H27ClN6O. The summed E-state index contributed by atoms with van der Waals surface area (Å²) in [6, 6.07) is 11.8. The number of hydrogen-bond acceptors (Lipinski definition) is 6. The highest BCUT2D eigenvalue weighted by Gasteiger charge is 2.21. The van der Waals surface area contributed by atoms with Gasteiger partial charge in [0.2, 0.25) is 5.95 Å². The van der Waals surface area contributed by atoms with Gasteiger partial charge in [0, 0.05) is 58.6 Å². The Morgan fingerprint density at radius 3 is 2.74 bits per heavy atom. The zero-order valence-electron chi connectivity index (χ0n) is 19.5. The van der Waals surface area contributed by atoms with Crippen molar-refractivity contribution in [2.24, 2.45) is 0 Å². The fourth-order valence-electron chi connectivity index (χ4n) is 4.62.